The number of carboxylic acids is 2. The Bertz CT molecular complexity index is 1690. The Hall–Kier alpha value is -5.90. The number of hydrogen-bond donors (Lipinski definition) is 4. The van der Waals surface area contributed by atoms with Crippen molar-refractivity contribution in [2.75, 3.05) is 13.2 Å². The second-order valence-corrected chi connectivity index (χ2v) is 12.3. The minimum absolute atomic E-state index is 0.0704. The minimum Gasteiger partial charge on any atom is -0.480 e. The van der Waals surface area contributed by atoms with Crippen LogP contribution in [-0.2, 0) is 19.1 Å². The van der Waals surface area contributed by atoms with Gasteiger partial charge in [-0.2, -0.15) is 0 Å². The van der Waals surface area contributed by atoms with E-state index in [-0.39, 0.29) is 37.9 Å². The summed E-state index contributed by atoms with van der Waals surface area (Å²) >= 11 is 0. The lowest BCUT2D eigenvalue weighted by atomic mass is 9.98. The van der Waals surface area contributed by atoms with Gasteiger partial charge in [0.05, 0.1) is 0 Å². The van der Waals surface area contributed by atoms with E-state index < -0.39 is 36.2 Å². The molecule has 2 unspecified atom stereocenters. The molecule has 0 spiro atoms. The Balaban J connectivity index is 0.929. The van der Waals surface area contributed by atoms with Crippen LogP contribution in [0, 0.1) is 0 Å². The zero-order valence-electron chi connectivity index (χ0n) is 27.3. The van der Waals surface area contributed by atoms with Gasteiger partial charge in [0.2, 0.25) is 0 Å². The predicted molar refractivity (Wildman–Crippen MR) is 187 cm³/mol. The van der Waals surface area contributed by atoms with Crippen molar-refractivity contribution >= 4 is 24.1 Å². The summed E-state index contributed by atoms with van der Waals surface area (Å²) in [5, 5.41) is 24.2. The molecule has 4 N–H and O–H groups in total. The number of carbonyl (C=O) groups excluding carboxylic acids is 2. The van der Waals surface area contributed by atoms with Crippen LogP contribution in [0.5, 0.6) is 0 Å². The monoisotopic (exact) mass is 674 g/mol. The maximum atomic E-state index is 12.6. The average Bonchev–Trinajstić information content (AvgIpc) is 3.62. The van der Waals surface area contributed by atoms with Gasteiger partial charge in [-0.15, -0.1) is 0 Å². The highest BCUT2D eigenvalue weighted by molar-refractivity contribution is 5.82. The lowest BCUT2D eigenvalue weighted by Crippen LogP contribution is -2.41. The highest BCUT2D eigenvalue weighted by atomic mass is 16.6. The minimum atomic E-state index is -1.19. The first-order valence-electron chi connectivity index (χ1n) is 16.7. The Morgan fingerprint density at radius 3 is 1.14 bits per heavy atom. The molecule has 256 valence electrons. The number of carbonyl (C=O) groups is 4. The van der Waals surface area contributed by atoms with E-state index in [2.05, 4.69) is 10.6 Å². The molecule has 2 aliphatic carbocycles. The normalized spacial score (nSPS) is 14.2. The van der Waals surface area contributed by atoms with Gasteiger partial charge in [0, 0.05) is 11.8 Å². The second kappa shape index (κ2) is 15.5. The van der Waals surface area contributed by atoms with E-state index >= 15 is 0 Å². The highest BCUT2D eigenvalue weighted by Gasteiger charge is 2.31. The molecular formula is C40H38N2O8. The van der Waals surface area contributed by atoms with Crippen LogP contribution in [0.25, 0.3) is 22.3 Å². The number of rotatable bonds is 14. The van der Waals surface area contributed by atoms with Crippen molar-refractivity contribution in [1.82, 2.24) is 10.6 Å². The summed E-state index contributed by atoms with van der Waals surface area (Å²) in [6.45, 7) is 0.141. The fraction of sp³-hybridized carbons (Fsp3) is 0.250. The Morgan fingerprint density at radius 2 is 0.840 bits per heavy atom. The molecule has 4 aromatic carbocycles. The predicted octanol–water partition coefficient (Wildman–Crippen LogP) is 7.09. The molecule has 0 fully saturated rings. The van der Waals surface area contributed by atoms with Crippen molar-refractivity contribution in [3.63, 3.8) is 0 Å². The third-order valence-electron chi connectivity index (χ3n) is 9.28. The number of amides is 2. The van der Waals surface area contributed by atoms with Crippen LogP contribution in [0.15, 0.2) is 109 Å². The van der Waals surface area contributed by atoms with Crippen molar-refractivity contribution in [3.8, 4) is 22.3 Å². The van der Waals surface area contributed by atoms with Gasteiger partial charge >= 0.3 is 24.1 Å². The maximum Gasteiger partial charge on any atom is 0.407 e. The molecule has 0 heterocycles. The third kappa shape index (κ3) is 7.54. The number of aliphatic carboxylic acids is 2. The molecule has 4 aromatic rings. The Kier molecular flexibility index (Phi) is 10.6. The molecule has 10 nitrogen and oxygen atoms in total. The van der Waals surface area contributed by atoms with E-state index in [9.17, 15) is 29.4 Å². The van der Waals surface area contributed by atoms with E-state index in [4.69, 9.17) is 9.47 Å². The lowest BCUT2D eigenvalue weighted by molar-refractivity contribution is -0.140. The average molecular weight is 675 g/mol. The fourth-order valence-corrected chi connectivity index (χ4v) is 6.84. The molecule has 10 heteroatoms. The second-order valence-electron chi connectivity index (χ2n) is 12.3. The number of alkyl carbamates (subject to hydrolysis) is 2. The van der Waals surface area contributed by atoms with Crippen LogP contribution in [-0.4, -0.2) is 59.6 Å². The number of hydrogen-bond acceptors (Lipinski definition) is 6. The summed E-state index contributed by atoms with van der Waals surface area (Å²) in [6.07, 6.45) is 2.67. The summed E-state index contributed by atoms with van der Waals surface area (Å²) in [7, 11) is 0. The molecule has 0 aliphatic heterocycles. The van der Waals surface area contributed by atoms with Gasteiger partial charge in [0.15, 0.2) is 0 Å². The molecule has 0 saturated carbocycles. The number of nitrogens with one attached hydrogen (secondary N) is 2. The maximum absolute atomic E-state index is 12.6. The zero-order chi connectivity index (χ0) is 35.0. The number of fused-ring (bicyclic) bond motifs is 6. The van der Waals surface area contributed by atoms with Crippen LogP contribution in [0.1, 0.15) is 59.8 Å². The largest absolute Gasteiger partial charge is 0.480 e. The van der Waals surface area contributed by atoms with Gasteiger partial charge < -0.3 is 30.3 Å². The van der Waals surface area contributed by atoms with Crippen LogP contribution in [0.2, 0.25) is 0 Å². The fourth-order valence-electron chi connectivity index (χ4n) is 6.84. The number of carboxylic acid groups (broad SMARTS) is 2. The summed E-state index contributed by atoms with van der Waals surface area (Å²) in [6, 6.07) is 29.4. The van der Waals surface area contributed by atoms with E-state index in [1.54, 1.807) is 12.2 Å². The summed E-state index contributed by atoms with van der Waals surface area (Å²) < 4.78 is 11.0. The Labute approximate surface area is 289 Å². The van der Waals surface area contributed by atoms with Crippen LogP contribution >= 0.6 is 0 Å². The molecule has 2 atom stereocenters. The van der Waals surface area contributed by atoms with Gasteiger partial charge in [-0.05, 0) is 70.2 Å². The summed E-state index contributed by atoms with van der Waals surface area (Å²) in [4.78, 5) is 48.9. The van der Waals surface area contributed by atoms with Crippen LogP contribution < -0.4 is 10.6 Å². The first-order chi connectivity index (χ1) is 24.3. The topological polar surface area (TPSA) is 151 Å². The number of ether oxygens (including phenoxy) is 2. The van der Waals surface area contributed by atoms with E-state index in [1.165, 1.54) is 0 Å². The summed E-state index contributed by atoms with van der Waals surface area (Å²) in [5.74, 6) is -2.67. The van der Waals surface area contributed by atoms with Crippen LogP contribution in [0.4, 0.5) is 9.59 Å². The summed E-state index contributed by atoms with van der Waals surface area (Å²) in [5.41, 5.74) is 8.59. The molecule has 6 rings (SSSR count). The third-order valence-corrected chi connectivity index (χ3v) is 9.28. The SMILES string of the molecule is O=C(NC(CC/C=C/CCC(NC(=O)OCC1c2ccccc2-c2ccccc21)C(=O)O)C(=O)O)OCC1c2ccccc2-c2ccccc21. The van der Waals surface area contributed by atoms with Crippen molar-refractivity contribution in [1.29, 1.82) is 0 Å². The molecule has 0 saturated heterocycles. The number of benzene rings is 4. The number of allylic oxidation sites excluding steroid dienone is 2. The van der Waals surface area contributed by atoms with Gasteiger partial charge in [0.1, 0.15) is 25.3 Å². The molecule has 2 amide bonds. The van der Waals surface area contributed by atoms with E-state index in [0.717, 1.165) is 44.5 Å². The van der Waals surface area contributed by atoms with Crippen molar-refractivity contribution in [2.45, 2.75) is 49.6 Å². The first-order valence-corrected chi connectivity index (χ1v) is 16.7. The molecule has 0 bridgehead atoms. The Morgan fingerprint density at radius 1 is 0.540 bits per heavy atom. The van der Waals surface area contributed by atoms with E-state index in [0.29, 0.717) is 12.8 Å². The smallest absolute Gasteiger partial charge is 0.407 e. The van der Waals surface area contributed by atoms with Crippen molar-refractivity contribution in [3.05, 3.63) is 131 Å². The molecule has 50 heavy (non-hydrogen) atoms. The van der Waals surface area contributed by atoms with Crippen LogP contribution in [0.3, 0.4) is 0 Å². The molecule has 0 radical (unpaired) electrons. The molecule has 2 aliphatic rings. The quantitative estimate of drug-likeness (QED) is 0.104. The lowest BCUT2D eigenvalue weighted by Gasteiger charge is -2.17. The first kappa shape index (κ1) is 34.0. The molecule has 0 aromatic heterocycles. The molecular weight excluding hydrogens is 636 g/mol. The van der Waals surface area contributed by atoms with Gasteiger partial charge in [-0.3, -0.25) is 0 Å². The van der Waals surface area contributed by atoms with Gasteiger partial charge in [-0.25, -0.2) is 19.2 Å². The zero-order valence-corrected chi connectivity index (χ0v) is 27.3. The standard InChI is InChI=1S/C40H38N2O8/c43-37(44)35(41-39(47)49-23-33-29-17-9-5-13-25(29)26-14-6-10-18-30(26)33)21-3-1-2-4-22-36(38(45)46)42-40(48)50-24-34-31-19-11-7-15-27(31)28-16-8-12-20-32(28)34/h1-2,5-20,33-36H,3-4,21-24H2,(H,41,47)(H,42,48)(H,43,44)(H,45,46)/b2-1+. The van der Waals surface area contributed by atoms with Gasteiger partial charge in [0.25, 0.3) is 0 Å². The van der Waals surface area contributed by atoms with Crippen molar-refractivity contribution in [2.24, 2.45) is 0 Å². The van der Waals surface area contributed by atoms with Gasteiger partial charge in [-0.1, -0.05) is 109 Å². The van der Waals surface area contributed by atoms with E-state index in [1.807, 2.05) is 97.1 Å². The van der Waals surface area contributed by atoms with Crippen molar-refractivity contribution < 1.29 is 38.9 Å². The highest BCUT2D eigenvalue weighted by Crippen LogP contribution is 2.45.